The summed E-state index contributed by atoms with van der Waals surface area (Å²) in [7, 11) is 1.80. The Kier molecular flexibility index (Phi) is 4.67. The van der Waals surface area contributed by atoms with Crippen LogP contribution in [0.25, 0.3) is 0 Å². The summed E-state index contributed by atoms with van der Waals surface area (Å²) in [6.45, 7) is 2.68. The molecule has 0 bridgehead atoms. The molecule has 1 fully saturated rings. The average Bonchev–Trinajstić information content (AvgIpc) is 2.82. The minimum absolute atomic E-state index is 0.00223. The van der Waals surface area contributed by atoms with E-state index >= 15 is 0 Å². The minimum atomic E-state index is -1.19. The number of ether oxygens (including phenoxy) is 1. The molecule has 0 aliphatic carbocycles. The number of rotatable bonds is 4. The number of halogens is 3. The van der Waals surface area contributed by atoms with E-state index in [1.165, 1.54) is 0 Å². The van der Waals surface area contributed by atoms with Gasteiger partial charge in [0.05, 0.1) is 12.1 Å². The van der Waals surface area contributed by atoms with Crippen molar-refractivity contribution in [3.63, 3.8) is 0 Å². The van der Waals surface area contributed by atoms with Crippen molar-refractivity contribution in [2.75, 3.05) is 20.2 Å². The first-order chi connectivity index (χ1) is 9.45. The molecule has 2 N–H and O–H groups in total. The highest BCUT2D eigenvalue weighted by atomic mass is 19.2. The van der Waals surface area contributed by atoms with Crippen LogP contribution in [-0.2, 0) is 4.74 Å². The summed E-state index contributed by atoms with van der Waals surface area (Å²) in [6, 6.07) is 1.02. The van der Waals surface area contributed by atoms with Crippen molar-refractivity contribution in [1.82, 2.24) is 4.90 Å². The molecule has 1 aromatic carbocycles. The second-order valence-electron chi connectivity index (χ2n) is 5.14. The van der Waals surface area contributed by atoms with E-state index < -0.39 is 23.5 Å². The third-order valence-corrected chi connectivity index (χ3v) is 3.97. The van der Waals surface area contributed by atoms with Crippen LogP contribution < -0.4 is 5.73 Å². The number of nitrogens with two attached hydrogens (primary N) is 1. The summed E-state index contributed by atoms with van der Waals surface area (Å²) in [5.74, 6) is -3.04. The molecule has 1 aliphatic heterocycles. The molecule has 1 aliphatic rings. The largest absolute Gasteiger partial charge is 0.377 e. The summed E-state index contributed by atoms with van der Waals surface area (Å²) < 4.78 is 45.7. The van der Waals surface area contributed by atoms with E-state index in [-0.39, 0.29) is 24.3 Å². The van der Waals surface area contributed by atoms with Gasteiger partial charge in [-0.15, -0.1) is 0 Å². The Bertz CT molecular complexity index is 484. The minimum Gasteiger partial charge on any atom is -0.377 e. The van der Waals surface area contributed by atoms with Crippen LogP contribution in [-0.4, -0.2) is 37.2 Å². The van der Waals surface area contributed by atoms with Crippen LogP contribution in [0.1, 0.15) is 24.9 Å². The Morgan fingerprint density at radius 3 is 2.50 bits per heavy atom. The first-order valence-corrected chi connectivity index (χ1v) is 6.63. The quantitative estimate of drug-likeness (QED) is 0.863. The van der Waals surface area contributed by atoms with Gasteiger partial charge in [0.1, 0.15) is 5.82 Å². The van der Waals surface area contributed by atoms with E-state index in [0.29, 0.717) is 12.7 Å². The summed E-state index contributed by atoms with van der Waals surface area (Å²) in [5.41, 5.74) is 5.79. The lowest BCUT2D eigenvalue weighted by Crippen LogP contribution is -2.42. The van der Waals surface area contributed by atoms with E-state index in [4.69, 9.17) is 10.5 Å². The van der Waals surface area contributed by atoms with Gasteiger partial charge in [-0.3, -0.25) is 4.90 Å². The van der Waals surface area contributed by atoms with Crippen LogP contribution in [0.4, 0.5) is 13.2 Å². The van der Waals surface area contributed by atoms with E-state index in [2.05, 4.69) is 0 Å². The summed E-state index contributed by atoms with van der Waals surface area (Å²) in [4.78, 5) is 1.88. The Hall–Kier alpha value is -1.11. The van der Waals surface area contributed by atoms with Gasteiger partial charge in [0.15, 0.2) is 11.6 Å². The predicted molar refractivity (Wildman–Crippen MR) is 69.7 cm³/mol. The summed E-state index contributed by atoms with van der Waals surface area (Å²) >= 11 is 0. The monoisotopic (exact) mass is 288 g/mol. The number of hydrogen-bond donors (Lipinski definition) is 1. The third kappa shape index (κ3) is 2.82. The second kappa shape index (κ2) is 6.11. The Labute approximate surface area is 116 Å². The molecule has 0 radical (unpaired) electrons. The van der Waals surface area contributed by atoms with Gasteiger partial charge in [-0.2, -0.15) is 0 Å². The zero-order valence-electron chi connectivity index (χ0n) is 11.6. The van der Waals surface area contributed by atoms with Crippen molar-refractivity contribution in [3.8, 4) is 0 Å². The van der Waals surface area contributed by atoms with Gasteiger partial charge >= 0.3 is 0 Å². The highest BCUT2D eigenvalue weighted by Crippen LogP contribution is 2.29. The first-order valence-electron chi connectivity index (χ1n) is 6.63. The lowest BCUT2D eigenvalue weighted by Gasteiger charge is -2.34. The molecule has 0 spiro atoms. The van der Waals surface area contributed by atoms with Gasteiger partial charge in [-0.1, -0.05) is 0 Å². The fraction of sp³-hybridized carbons (Fsp3) is 0.571. The molecule has 1 saturated heterocycles. The van der Waals surface area contributed by atoms with Crippen LogP contribution in [0, 0.1) is 17.5 Å². The Morgan fingerprint density at radius 2 is 1.95 bits per heavy atom. The molecule has 3 atom stereocenters. The van der Waals surface area contributed by atoms with E-state index in [1.54, 1.807) is 7.05 Å². The first kappa shape index (κ1) is 15.3. The maximum atomic E-state index is 13.9. The van der Waals surface area contributed by atoms with E-state index in [9.17, 15) is 13.2 Å². The zero-order valence-corrected chi connectivity index (χ0v) is 11.6. The highest BCUT2D eigenvalue weighted by Gasteiger charge is 2.33. The lowest BCUT2D eigenvalue weighted by molar-refractivity contribution is 0.0678. The number of benzene rings is 1. The number of hydrogen-bond acceptors (Lipinski definition) is 3. The topological polar surface area (TPSA) is 38.5 Å². The molecule has 0 saturated carbocycles. The van der Waals surface area contributed by atoms with Crippen molar-refractivity contribution in [2.24, 2.45) is 5.73 Å². The molecule has 3 nitrogen and oxygen atoms in total. The molecule has 0 amide bonds. The van der Waals surface area contributed by atoms with Crippen molar-refractivity contribution in [1.29, 1.82) is 0 Å². The van der Waals surface area contributed by atoms with Crippen molar-refractivity contribution < 1.29 is 17.9 Å². The van der Waals surface area contributed by atoms with Crippen LogP contribution in [0.5, 0.6) is 0 Å². The molecule has 2 rings (SSSR count). The molecule has 3 unspecified atom stereocenters. The Balaban J connectivity index is 2.30. The lowest BCUT2D eigenvalue weighted by atomic mass is 10.0. The van der Waals surface area contributed by atoms with Crippen LogP contribution in [0.2, 0.25) is 0 Å². The maximum absolute atomic E-state index is 13.9. The van der Waals surface area contributed by atoms with E-state index in [0.717, 1.165) is 12.5 Å². The average molecular weight is 288 g/mol. The smallest absolute Gasteiger partial charge is 0.161 e. The van der Waals surface area contributed by atoms with Gasteiger partial charge in [-0.25, -0.2) is 13.2 Å². The van der Waals surface area contributed by atoms with E-state index in [1.807, 2.05) is 11.8 Å². The summed E-state index contributed by atoms with van der Waals surface area (Å²) in [5, 5.41) is 0. The van der Waals surface area contributed by atoms with Crippen molar-refractivity contribution in [3.05, 3.63) is 35.1 Å². The third-order valence-electron chi connectivity index (χ3n) is 3.97. The molecule has 1 heterocycles. The van der Waals surface area contributed by atoms with Crippen LogP contribution in [0.3, 0.4) is 0 Å². The second-order valence-corrected chi connectivity index (χ2v) is 5.14. The zero-order chi connectivity index (χ0) is 14.9. The highest BCUT2D eigenvalue weighted by molar-refractivity contribution is 5.24. The van der Waals surface area contributed by atoms with Crippen LogP contribution in [0.15, 0.2) is 12.1 Å². The summed E-state index contributed by atoms with van der Waals surface area (Å²) in [6.07, 6.45) is 0.807. The fourth-order valence-electron chi connectivity index (χ4n) is 2.79. The molecular formula is C14H19F3N2O. The Morgan fingerprint density at radius 1 is 1.30 bits per heavy atom. The van der Waals surface area contributed by atoms with Gasteiger partial charge in [-0.05, 0) is 26.5 Å². The van der Waals surface area contributed by atoms with Crippen molar-refractivity contribution >= 4 is 0 Å². The maximum Gasteiger partial charge on any atom is 0.161 e. The van der Waals surface area contributed by atoms with Gasteiger partial charge in [0.25, 0.3) is 0 Å². The number of nitrogens with zero attached hydrogens (tertiary/aromatic N) is 1. The van der Waals surface area contributed by atoms with Crippen LogP contribution >= 0.6 is 0 Å². The standard InChI is InChI=1S/C14H19F3N2O/c1-8-13(3-4-20-8)19(2)14(7-18)9-5-11(16)12(17)6-10(9)15/h5-6,8,13-14H,3-4,7,18H2,1-2H3. The van der Waals surface area contributed by atoms with Gasteiger partial charge in [0.2, 0.25) is 0 Å². The normalized spacial score (nSPS) is 24.4. The molecule has 1 aromatic rings. The molecular weight excluding hydrogens is 269 g/mol. The number of likely N-dealkylation sites (N-methyl/N-ethyl adjacent to an activating group) is 1. The molecule has 20 heavy (non-hydrogen) atoms. The van der Waals surface area contributed by atoms with Crippen molar-refractivity contribution in [2.45, 2.75) is 31.5 Å². The molecule has 112 valence electrons. The molecule has 6 heteroatoms. The van der Waals surface area contributed by atoms with Gasteiger partial charge in [0, 0.05) is 30.8 Å². The predicted octanol–water partition coefficient (Wildman–Crippen LogP) is 2.21. The molecule has 0 aromatic heterocycles. The van der Waals surface area contributed by atoms with Gasteiger partial charge < -0.3 is 10.5 Å². The fourth-order valence-corrected chi connectivity index (χ4v) is 2.79. The SMILES string of the molecule is CC1OCCC1N(C)C(CN)c1cc(F)c(F)cc1F.